The number of likely N-dealkylation sites (tertiary alicyclic amines) is 1. The number of likely N-dealkylation sites (N-methyl/N-ethyl adjacent to an activating group) is 2. The first kappa shape index (κ1) is 15.7. The number of piperidine rings is 1. The average molecular weight is 334 g/mol. The Morgan fingerprint density at radius 3 is 2.54 bits per heavy atom. The number of aliphatic imine (C=N–C) groups is 1. The van der Waals surface area contributed by atoms with Gasteiger partial charge in [-0.3, -0.25) is 9.69 Å². The van der Waals surface area contributed by atoms with Crippen LogP contribution in [-0.4, -0.2) is 88.5 Å². The quantitative estimate of drug-likeness (QED) is 0.721. The minimum Gasteiger partial charge on any atom is -0.341 e. The summed E-state index contributed by atoms with van der Waals surface area (Å²) in [4.78, 5) is 37.5. The summed E-state index contributed by atoms with van der Waals surface area (Å²) in [6.45, 7) is 3.56. The Bertz CT molecular complexity index is 618. The largest absolute Gasteiger partial charge is 0.341 e. The van der Waals surface area contributed by atoms with Crippen LogP contribution in [0.15, 0.2) is 4.99 Å². The molecule has 4 aliphatic rings. The van der Waals surface area contributed by atoms with Crippen molar-refractivity contribution in [3.63, 3.8) is 0 Å². The van der Waals surface area contributed by atoms with E-state index in [1.165, 1.54) is 4.90 Å². The highest BCUT2D eigenvalue weighted by atomic mass is 16.2. The third-order valence-corrected chi connectivity index (χ3v) is 5.85. The van der Waals surface area contributed by atoms with E-state index in [0.29, 0.717) is 6.04 Å². The fraction of sp³-hybridized carbons (Fsp3) is 0.812. The molecule has 3 aliphatic heterocycles. The van der Waals surface area contributed by atoms with Gasteiger partial charge in [0.15, 0.2) is 17.7 Å². The second-order valence-electron chi connectivity index (χ2n) is 7.63. The topological polar surface area (TPSA) is 85.5 Å². The van der Waals surface area contributed by atoms with Gasteiger partial charge in [0.1, 0.15) is 0 Å². The standard InChI is InChI=1S/C16H26N6O2/c1-16-12(13(23)19(2)15(24)20(16)3)22(11-6-7-11)14(18-16)21-8-4-5-10(17)9-21/h10-12H,4-9,17H2,1-3H3. The molecule has 0 aromatic heterocycles. The van der Waals surface area contributed by atoms with Gasteiger partial charge in [-0.05, 0) is 32.6 Å². The lowest BCUT2D eigenvalue weighted by Gasteiger charge is -2.46. The maximum Gasteiger partial charge on any atom is 0.328 e. The molecule has 0 aromatic rings. The van der Waals surface area contributed by atoms with Crippen LogP contribution in [0, 0.1) is 0 Å². The highest BCUT2D eigenvalue weighted by Crippen LogP contribution is 2.43. The number of rotatable bonds is 1. The van der Waals surface area contributed by atoms with Crippen molar-refractivity contribution in [3.8, 4) is 0 Å². The number of urea groups is 1. The normalized spacial score (nSPS) is 37.1. The van der Waals surface area contributed by atoms with Crippen molar-refractivity contribution >= 4 is 17.9 Å². The fourth-order valence-corrected chi connectivity index (χ4v) is 4.16. The average Bonchev–Trinajstić information content (AvgIpc) is 3.34. The summed E-state index contributed by atoms with van der Waals surface area (Å²) < 4.78 is 0. The second kappa shape index (κ2) is 5.08. The molecule has 3 fully saturated rings. The number of carbonyl (C=O) groups is 2. The Labute approximate surface area is 142 Å². The lowest BCUT2D eigenvalue weighted by molar-refractivity contribution is -0.139. The predicted octanol–water partition coefficient (Wildman–Crippen LogP) is -0.148. The summed E-state index contributed by atoms with van der Waals surface area (Å²) in [7, 11) is 3.29. The maximum atomic E-state index is 12.9. The van der Waals surface area contributed by atoms with Crippen LogP contribution in [-0.2, 0) is 4.79 Å². The Kier molecular flexibility index (Phi) is 3.32. The number of amides is 3. The van der Waals surface area contributed by atoms with E-state index >= 15 is 0 Å². The molecule has 3 amide bonds. The maximum absolute atomic E-state index is 12.9. The summed E-state index contributed by atoms with van der Waals surface area (Å²) >= 11 is 0. The first-order chi connectivity index (χ1) is 11.3. The summed E-state index contributed by atoms with van der Waals surface area (Å²) in [5, 5.41) is 0. The van der Waals surface area contributed by atoms with Crippen LogP contribution in [0.3, 0.4) is 0 Å². The minimum absolute atomic E-state index is 0.135. The van der Waals surface area contributed by atoms with Gasteiger partial charge in [-0.1, -0.05) is 0 Å². The van der Waals surface area contributed by atoms with Crippen LogP contribution in [0.5, 0.6) is 0 Å². The molecule has 2 N–H and O–H groups in total. The SMILES string of the molecule is CN1C(=O)C2N(C3CC3)C(N3CCCC(N)C3)=NC2(C)N(C)C1=O. The molecule has 4 rings (SSSR count). The number of guanidine groups is 1. The van der Waals surface area contributed by atoms with E-state index in [2.05, 4.69) is 9.80 Å². The Morgan fingerprint density at radius 2 is 1.92 bits per heavy atom. The van der Waals surface area contributed by atoms with Gasteiger partial charge >= 0.3 is 6.03 Å². The molecule has 1 aliphatic carbocycles. The van der Waals surface area contributed by atoms with Crippen LogP contribution in [0.4, 0.5) is 4.79 Å². The molecule has 1 saturated carbocycles. The first-order valence-electron chi connectivity index (χ1n) is 8.78. The van der Waals surface area contributed by atoms with Crippen LogP contribution >= 0.6 is 0 Å². The number of nitrogens with two attached hydrogens (primary N) is 1. The number of hydrogen-bond donors (Lipinski definition) is 1. The van der Waals surface area contributed by atoms with Gasteiger partial charge in [0.25, 0.3) is 5.91 Å². The zero-order valence-corrected chi connectivity index (χ0v) is 14.6. The molecule has 8 heteroatoms. The van der Waals surface area contributed by atoms with Crippen molar-refractivity contribution in [2.45, 2.75) is 56.4 Å². The molecule has 0 spiro atoms. The summed E-state index contributed by atoms with van der Waals surface area (Å²) in [5.74, 6) is 0.691. The zero-order chi connectivity index (χ0) is 17.2. The monoisotopic (exact) mass is 334 g/mol. The molecule has 132 valence electrons. The molecular formula is C16H26N6O2. The number of hydrogen-bond acceptors (Lipinski definition) is 6. The zero-order valence-electron chi connectivity index (χ0n) is 14.6. The van der Waals surface area contributed by atoms with E-state index in [1.807, 2.05) is 6.92 Å². The molecule has 3 heterocycles. The van der Waals surface area contributed by atoms with E-state index in [0.717, 1.165) is 44.7 Å². The van der Waals surface area contributed by atoms with Gasteiger partial charge in [0.05, 0.1) is 0 Å². The van der Waals surface area contributed by atoms with Gasteiger partial charge in [-0.15, -0.1) is 0 Å². The number of fused-ring (bicyclic) bond motifs is 1. The smallest absolute Gasteiger partial charge is 0.328 e. The molecule has 3 unspecified atom stereocenters. The van der Waals surface area contributed by atoms with Crippen molar-refractivity contribution in [3.05, 3.63) is 0 Å². The summed E-state index contributed by atoms with van der Waals surface area (Å²) in [5.41, 5.74) is 5.31. The third kappa shape index (κ3) is 2.05. The van der Waals surface area contributed by atoms with E-state index in [4.69, 9.17) is 10.7 Å². The molecule has 0 aromatic carbocycles. The van der Waals surface area contributed by atoms with Crippen LogP contribution < -0.4 is 5.73 Å². The van der Waals surface area contributed by atoms with Crippen molar-refractivity contribution in [1.29, 1.82) is 0 Å². The lowest BCUT2D eigenvalue weighted by Crippen LogP contribution is -2.70. The van der Waals surface area contributed by atoms with E-state index in [9.17, 15) is 9.59 Å². The van der Waals surface area contributed by atoms with Gasteiger partial charge in [0.2, 0.25) is 0 Å². The molecule has 2 saturated heterocycles. The summed E-state index contributed by atoms with van der Waals surface area (Å²) in [6.07, 6.45) is 4.19. The van der Waals surface area contributed by atoms with E-state index < -0.39 is 11.7 Å². The van der Waals surface area contributed by atoms with Crippen molar-refractivity contribution in [2.24, 2.45) is 10.7 Å². The van der Waals surface area contributed by atoms with E-state index in [-0.39, 0.29) is 18.0 Å². The fourth-order valence-electron chi connectivity index (χ4n) is 4.16. The Morgan fingerprint density at radius 1 is 1.21 bits per heavy atom. The third-order valence-electron chi connectivity index (χ3n) is 5.85. The van der Waals surface area contributed by atoms with Crippen LogP contribution in [0.2, 0.25) is 0 Å². The van der Waals surface area contributed by atoms with Crippen molar-refractivity contribution in [1.82, 2.24) is 19.6 Å². The molecule has 0 bridgehead atoms. The molecule has 24 heavy (non-hydrogen) atoms. The molecule has 3 atom stereocenters. The first-order valence-corrected chi connectivity index (χ1v) is 8.78. The minimum atomic E-state index is -0.847. The molecule has 8 nitrogen and oxygen atoms in total. The lowest BCUT2D eigenvalue weighted by atomic mass is 9.97. The van der Waals surface area contributed by atoms with Crippen molar-refractivity contribution in [2.75, 3.05) is 27.2 Å². The number of carbonyl (C=O) groups excluding carboxylic acids is 2. The molecule has 0 radical (unpaired) electrons. The number of imide groups is 1. The Balaban J connectivity index is 1.75. The highest BCUT2D eigenvalue weighted by molar-refractivity contribution is 6.04. The van der Waals surface area contributed by atoms with Crippen LogP contribution in [0.25, 0.3) is 0 Å². The Hall–Kier alpha value is -1.83. The summed E-state index contributed by atoms with van der Waals surface area (Å²) in [6, 6.07) is -0.260. The van der Waals surface area contributed by atoms with E-state index in [1.54, 1.807) is 19.0 Å². The second-order valence-corrected chi connectivity index (χ2v) is 7.63. The van der Waals surface area contributed by atoms with Crippen molar-refractivity contribution < 1.29 is 9.59 Å². The van der Waals surface area contributed by atoms with Gasteiger partial charge in [-0.25, -0.2) is 9.79 Å². The van der Waals surface area contributed by atoms with Gasteiger partial charge in [-0.2, -0.15) is 0 Å². The van der Waals surface area contributed by atoms with Gasteiger partial charge < -0.3 is 20.4 Å². The number of nitrogens with zero attached hydrogens (tertiary/aromatic N) is 5. The van der Waals surface area contributed by atoms with Crippen LogP contribution in [0.1, 0.15) is 32.6 Å². The highest BCUT2D eigenvalue weighted by Gasteiger charge is 2.61. The molecular weight excluding hydrogens is 308 g/mol. The van der Waals surface area contributed by atoms with Gasteiger partial charge in [0, 0.05) is 39.3 Å². The predicted molar refractivity (Wildman–Crippen MR) is 89.2 cm³/mol.